The molecule has 0 aliphatic heterocycles. The minimum Gasteiger partial charge on any atom is -0.462 e. The molecular weight excluding hydrogens is 1270 g/mol. The number of phosphoric acid groups is 2. The van der Waals surface area contributed by atoms with Crippen molar-refractivity contribution in [3.8, 4) is 0 Å². The molecule has 0 amide bonds. The minimum absolute atomic E-state index is 0.106. The van der Waals surface area contributed by atoms with Gasteiger partial charge in [-0.2, -0.15) is 0 Å². The topological polar surface area (TPSA) is 237 Å². The first-order chi connectivity index (χ1) is 46.9. The second kappa shape index (κ2) is 69.8. The van der Waals surface area contributed by atoms with Gasteiger partial charge in [-0.15, -0.1) is 0 Å². The molecule has 0 rings (SSSR count). The van der Waals surface area contributed by atoms with E-state index in [-0.39, 0.29) is 25.7 Å². The molecule has 0 aromatic carbocycles. The summed E-state index contributed by atoms with van der Waals surface area (Å²) in [7, 11) is -9.91. The highest BCUT2D eigenvalue weighted by molar-refractivity contribution is 7.47. The molecule has 0 saturated heterocycles. The molecule has 0 spiro atoms. The summed E-state index contributed by atoms with van der Waals surface area (Å²) in [5.74, 6) is -0.595. The van der Waals surface area contributed by atoms with Crippen molar-refractivity contribution in [2.45, 2.75) is 426 Å². The number of aliphatic hydroxyl groups excluding tert-OH is 1. The van der Waals surface area contributed by atoms with Gasteiger partial charge in [-0.1, -0.05) is 356 Å². The quantitative estimate of drug-likeness (QED) is 0.0222. The maximum atomic E-state index is 13.1. The summed E-state index contributed by atoms with van der Waals surface area (Å²) >= 11 is 0. The fourth-order valence-electron chi connectivity index (χ4n) is 12.0. The molecule has 0 heterocycles. The molecule has 0 aromatic heterocycles. The number of phosphoric ester groups is 2. The lowest BCUT2D eigenvalue weighted by Crippen LogP contribution is -2.30. The Morgan fingerprint density at radius 3 is 0.701 bits per heavy atom. The van der Waals surface area contributed by atoms with Gasteiger partial charge in [-0.05, 0) is 37.5 Å². The Hall–Kier alpha value is -1.94. The van der Waals surface area contributed by atoms with E-state index in [1.54, 1.807) is 0 Å². The molecule has 576 valence electrons. The number of hydrogen-bond donors (Lipinski definition) is 3. The van der Waals surface area contributed by atoms with E-state index < -0.39 is 97.5 Å². The third-order valence-corrected chi connectivity index (χ3v) is 20.1. The number of carbonyl (C=O) groups excluding carboxylic acids is 4. The van der Waals surface area contributed by atoms with E-state index in [1.165, 1.54) is 225 Å². The Balaban J connectivity index is 5.22. The Kier molecular flexibility index (Phi) is 68.4. The highest BCUT2D eigenvalue weighted by atomic mass is 31.2. The second-order valence-corrected chi connectivity index (χ2v) is 32.0. The standard InChI is InChI=1S/C78H152O17P2/c1-7-9-11-13-15-17-19-20-21-22-23-24-25-26-27-32-38-44-50-56-62-77(82)94-73(67-89-76(81)61-55-49-43-37-31-29-28-30-34-40-46-52-58-70(3)4)68-92-96(84,85)90-64-72(79)65-91-97(86,87)93-69-74(66-88-75(80)60-54-48-42-36-18-16-14-12-10-8-2)95-78(83)63-57-51-45-39-33-35-41-47-53-59-71(5)6/h70-74,79H,7-69H2,1-6H3,(H,84,85)(H,86,87)/t72-,73-,74-/m1/s1. The van der Waals surface area contributed by atoms with Crippen LogP contribution in [0.25, 0.3) is 0 Å². The second-order valence-electron chi connectivity index (χ2n) is 29.1. The number of unbranched alkanes of at least 4 members (excludes halogenated alkanes) is 47. The molecule has 17 nitrogen and oxygen atoms in total. The van der Waals surface area contributed by atoms with Crippen molar-refractivity contribution in [2.75, 3.05) is 39.6 Å². The third kappa shape index (κ3) is 72.2. The minimum atomic E-state index is -4.96. The van der Waals surface area contributed by atoms with Gasteiger partial charge in [-0.25, -0.2) is 9.13 Å². The van der Waals surface area contributed by atoms with Crippen molar-refractivity contribution in [3.63, 3.8) is 0 Å². The van der Waals surface area contributed by atoms with Crippen LogP contribution in [0.3, 0.4) is 0 Å². The molecule has 3 N–H and O–H groups in total. The van der Waals surface area contributed by atoms with Crippen molar-refractivity contribution in [3.05, 3.63) is 0 Å². The van der Waals surface area contributed by atoms with Crippen LogP contribution in [-0.2, 0) is 65.4 Å². The van der Waals surface area contributed by atoms with Gasteiger partial charge < -0.3 is 33.8 Å². The zero-order valence-corrected chi connectivity index (χ0v) is 65.2. The Morgan fingerprint density at radius 2 is 0.474 bits per heavy atom. The van der Waals surface area contributed by atoms with E-state index >= 15 is 0 Å². The van der Waals surface area contributed by atoms with Gasteiger partial charge in [0.05, 0.1) is 26.4 Å². The first kappa shape index (κ1) is 95.1. The van der Waals surface area contributed by atoms with Crippen LogP contribution in [0.5, 0.6) is 0 Å². The molecule has 0 radical (unpaired) electrons. The van der Waals surface area contributed by atoms with Crippen molar-refractivity contribution in [2.24, 2.45) is 11.8 Å². The van der Waals surface area contributed by atoms with Gasteiger partial charge in [0, 0.05) is 25.7 Å². The van der Waals surface area contributed by atoms with E-state index in [0.29, 0.717) is 25.7 Å². The summed E-state index contributed by atoms with van der Waals surface area (Å²) < 4.78 is 68.6. The maximum Gasteiger partial charge on any atom is 0.472 e. The van der Waals surface area contributed by atoms with E-state index in [4.69, 9.17) is 37.0 Å². The zero-order valence-electron chi connectivity index (χ0n) is 63.4. The van der Waals surface area contributed by atoms with Crippen LogP contribution in [0.2, 0.25) is 0 Å². The fourth-order valence-corrected chi connectivity index (χ4v) is 13.6. The summed E-state index contributed by atoms with van der Waals surface area (Å²) in [4.78, 5) is 72.9. The fraction of sp³-hybridized carbons (Fsp3) is 0.949. The van der Waals surface area contributed by atoms with Crippen molar-refractivity contribution in [1.29, 1.82) is 0 Å². The average Bonchev–Trinajstić information content (AvgIpc) is 1.01. The summed E-state index contributed by atoms with van der Waals surface area (Å²) in [6, 6.07) is 0. The molecule has 0 bridgehead atoms. The van der Waals surface area contributed by atoms with Crippen LogP contribution in [-0.4, -0.2) is 96.7 Å². The molecule has 0 aromatic rings. The van der Waals surface area contributed by atoms with E-state index in [2.05, 4.69) is 41.5 Å². The van der Waals surface area contributed by atoms with Gasteiger partial charge in [0.1, 0.15) is 19.3 Å². The molecule has 5 atom stereocenters. The predicted molar refractivity (Wildman–Crippen MR) is 395 cm³/mol. The molecule has 0 aliphatic rings. The van der Waals surface area contributed by atoms with Gasteiger partial charge in [0.15, 0.2) is 12.2 Å². The first-order valence-corrected chi connectivity index (χ1v) is 43.5. The van der Waals surface area contributed by atoms with Crippen LogP contribution in [0.1, 0.15) is 408 Å². The SMILES string of the molecule is CCCCCCCCCCCCCCCCCCCCCCC(=O)O[C@H](COC(=O)CCCCCCCCCCCCCCC(C)C)COP(=O)(O)OC[C@@H](O)COP(=O)(O)OC[C@@H](COC(=O)CCCCCCCCCCCC)OC(=O)CCCCCCCCCCCC(C)C. The first-order valence-electron chi connectivity index (χ1n) is 40.5. The Labute approximate surface area is 594 Å². The van der Waals surface area contributed by atoms with Gasteiger partial charge in [0.25, 0.3) is 0 Å². The van der Waals surface area contributed by atoms with E-state index in [9.17, 15) is 43.2 Å². The number of aliphatic hydroxyl groups is 1. The molecule has 2 unspecified atom stereocenters. The lowest BCUT2D eigenvalue weighted by Gasteiger charge is -2.21. The van der Waals surface area contributed by atoms with E-state index in [1.807, 2.05) is 0 Å². The van der Waals surface area contributed by atoms with Crippen LogP contribution in [0.4, 0.5) is 0 Å². The lowest BCUT2D eigenvalue weighted by atomic mass is 10.0. The predicted octanol–water partition coefficient (Wildman–Crippen LogP) is 23.1. The van der Waals surface area contributed by atoms with Gasteiger partial charge >= 0.3 is 39.5 Å². The molecular formula is C78H152O17P2. The average molecular weight is 1420 g/mol. The van der Waals surface area contributed by atoms with Crippen LogP contribution < -0.4 is 0 Å². The molecule has 0 aliphatic carbocycles. The number of esters is 4. The van der Waals surface area contributed by atoms with Crippen LogP contribution in [0, 0.1) is 11.8 Å². The maximum absolute atomic E-state index is 13.1. The molecule has 0 fully saturated rings. The highest BCUT2D eigenvalue weighted by Gasteiger charge is 2.30. The largest absolute Gasteiger partial charge is 0.472 e. The zero-order chi connectivity index (χ0) is 71.4. The number of hydrogen-bond acceptors (Lipinski definition) is 15. The monoisotopic (exact) mass is 1420 g/mol. The Bertz CT molecular complexity index is 1870. The van der Waals surface area contributed by atoms with Crippen molar-refractivity contribution in [1.82, 2.24) is 0 Å². The van der Waals surface area contributed by atoms with Gasteiger partial charge in [0.2, 0.25) is 0 Å². The molecule has 19 heteroatoms. The number of rotatable bonds is 77. The number of carbonyl (C=O) groups is 4. The van der Waals surface area contributed by atoms with Gasteiger partial charge in [-0.3, -0.25) is 37.3 Å². The number of ether oxygens (including phenoxy) is 4. The normalized spacial score (nSPS) is 14.0. The summed E-state index contributed by atoms with van der Waals surface area (Å²) in [5, 5.41) is 10.6. The summed E-state index contributed by atoms with van der Waals surface area (Å²) in [6.45, 7) is 9.59. The Morgan fingerprint density at radius 1 is 0.278 bits per heavy atom. The van der Waals surface area contributed by atoms with Crippen molar-refractivity contribution < 1.29 is 80.2 Å². The molecule has 0 saturated carbocycles. The molecule has 97 heavy (non-hydrogen) atoms. The lowest BCUT2D eigenvalue weighted by molar-refractivity contribution is -0.161. The smallest absolute Gasteiger partial charge is 0.462 e. The van der Waals surface area contributed by atoms with Crippen molar-refractivity contribution >= 4 is 39.5 Å². The van der Waals surface area contributed by atoms with E-state index in [0.717, 1.165) is 102 Å². The van der Waals surface area contributed by atoms with Crippen LogP contribution in [0.15, 0.2) is 0 Å². The summed E-state index contributed by atoms with van der Waals surface area (Å²) in [5.41, 5.74) is 0. The third-order valence-electron chi connectivity index (χ3n) is 18.2. The highest BCUT2D eigenvalue weighted by Crippen LogP contribution is 2.45. The van der Waals surface area contributed by atoms with Crippen LogP contribution >= 0.6 is 15.6 Å². The summed E-state index contributed by atoms with van der Waals surface area (Å²) in [6.07, 6.45) is 58.3.